The van der Waals surface area contributed by atoms with Crippen molar-refractivity contribution in [2.75, 3.05) is 18.9 Å². The number of anilines is 1. The number of rotatable bonds is 3. The van der Waals surface area contributed by atoms with Gasteiger partial charge >= 0.3 is 0 Å². The Kier molecular flexibility index (Phi) is 4.42. The van der Waals surface area contributed by atoms with Crippen LogP contribution in [0, 0.1) is 10.1 Å². The Bertz CT molecular complexity index is 481. The SMILES string of the molecule is CC1CC(Nc2cc(Br)ccc2[N+](=O)[O-])CCN1C. The number of nitrogens with one attached hydrogen (secondary N) is 1. The van der Waals surface area contributed by atoms with Crippen molar-refractivity contribution in [3.8, 4) is 0 Å². The first kappa shape index (κ1) is 14.3. The van der Waals surface area contributed by atoms with Gasteiger partial charge < -0.3 is 10.2 Å². The molecule has 0 bridgehead atoms. The van der Waals surface area contributed by atoms with E-state index in [1.807, 2.05) is 0 Å². The lowest BCUT2D eigenvalue weighted by Gasteiger charge is -2.35. The minimum atomic E-state index is -0.340. The summed E-state index contributed by atoms with van der Waals surface area (Å²) in [5, 5.41) is 14.4. The van der Waals surface area contributed by atoms with Gasteiger partial charge in [-0.15, -0.1) is 0 Å². The molecule has 1 fully saturated rings. The largest absolute Gasteiger partial charge is 0.377 e. The van der Waals surface area contributed by atoms with Crippen LogP contribution in [0.4, 0.5) is 11.4 Å². The summed E-state index contributed by atoms with van der Waals surface area (Å²) in [5.41, 5.74) is 0.732. The molecule has 19 heavy (non-hydrogen) atoms. The number of nitro benzene ring substituents is 1. The van der Waals surface area contributed by atoms with Crippen LogP contribution in [-0.4, -0.2) is 35.5 Å². The van der Waals surface area contributed by atoms with Gasteiger partial charge in [0.1, 0.15) is 5.69 Å². The fraction of sp³-hybridized carbons (Fsp3) is 0.538. The van der Waals surface area contributed by atoms with Crippen molar-refractivity contribution in [3.63, 3.8) is 0 Å². The molecule has 0 amide bonds. The van der Waals surface area contributed by atoms with E-state index < -0.39 is 0 Å². The molecule has 5 nitrogen and oxygen atoms in total. The van der Waals surface area contributed by atoms with Gasteiger partial charge in [-0.3, -0.25) is 10.1 Å². The van der Waals surface area contributed by atoms with E-state index >= 15 is 0 Å². The van der Waals surface area contributed by atoms with Gasteiger partial charge in [-0.05, 0) is 38.9 Å². The summed E-state index contributed by atoms with van der Waals surface area (Å²) in [7, 11) is 2.11. The number of piperidine rings is 1. The Hall–Kier alpha value is -1.14. The summed E-state index contributed by atoms with van der Waals surface area (Å²) in [4.78, 5) is 13.0. The molecular formula is C13H18BrN3O2. The van der Waals surface area contributed by atoms with E-state index in [2.05, 4.69) is 40.1 Å². The van der Waals surface area contributed by atoms with E-state index in [1.165, 1.54) is 6.07 Å². The summed E-state index contributed by atoms with van der Waals surface area (Å²) in [5.74, 6) is 0. The minimum absolute atomic E-state index is 0.134. The molecule has 1 aliphatic rings. The van der Waals surface area contributed by atoms with Gasteiger partial charge in [0, 0.05) is 29.2 Å². The van der Waals surface area contributed by atoms with Crippen molar-refractivity contribution in [1.82, 2.24) is 4.90 Å². The molecule has 104 valence electrons. The Morgan fingerprint density at radius 2 is 2.26 bits per heavy atom. The lowest BCUT2D eigenvalue weighted by molar-refractivity contribution is -0.384. The molecular weight excluding hydrogens is 310 g/mol. The fourth-order valence-corrected chi connectivity index (χ4v) is 2.78. The maximum absolute atomic E-state index is 11.0. The van der Waals surface area contributed by atoms with Crippen molar-refractivity contribution < 1.29 is 4.92 Å². The highest BCUT2D eigenvalue weighted by Gasteiger charge is 2.24. The molecule has 0 spiro atoms. The minimum Gasteiger partial charge on any atom is -0.377 e. The highest BCUT2D eigenvalue weighted by Crippen LogP contribution is 2.30. The van der Waals surface area contributed by atoms with Crippen LogP contribution in [0.3, 0.4) is 0 Å². The molecule has 1 aromatic carbocycles. The molecule has 1 heterocycles. The number of hydrogen-bond acceptors (Lipinski definition) is 4. The highest BCUT2D eigenvalue weighted by atomic mass is 79.9. The first-order chi connectivity index (χ1) is 8.97. The summed E-state index contributed by atoms with van der Waals surface area (Å²) in [6, 6.07) is 5.80. The van der Waals surface area contributed by atoms with Crippen LogP contribution in [0.25, 0.3) is 0 Å². The molecule has 1 aliphatic heterocycles. The predicted octanol–water partition coefficient (Wildman–Crippen LogP) is 3.25. The lowest BCUT2D eigenvalue weighted by Crippen LogP contribution is -2.42. The number of likely N-dealkylation sites (tertiary alicyclic amines) is 1. The zero-order valence-electron chi connectivity index (χ0n) is 11.1. The Morgan fingerprint density at radius 3 is 2.89 bits per heavy atom. The topological polar surface area (TPSA) is 58.4 Å². The molecule has 0 aromatic heterocycles. The van der Waals surface area contributed by atoms with Crippen LogP contribution in [0.1, 0.15) is 19.8 Å². The Morgan fingerprint density at radius 1 is 1.53 bits per heavy atom. The van der Waals surface area contributed by atoms with E-state index in [-0.39, 0.29) is 10.6 Å². The van der Waals surface area contributed by atoms with Crippen LogP contribution in [0.2, 0.25) is 0 Å². The molecule has 1 N–H and O–H groups in total. The molecule has 6 heteroatoms. The highest BCUT2D eigenvalue weighted by molar-refractivity contribution is 9.10. The second kappa shape index (κ2) is 5.88. The van der Waals surface area contributed by atoms with E-state index in [1.54, 1.807) is 12.1 Å². The van der Waals surface area contributed by atoms with E-state index in [4.69, 9.17) is 0 Å². The number of nitrogens with zero attached hydrogens (tertiary/aromatic N) is 2. The monoisotopic (exact) mass is 327 g/mol. The Labute approximate surface area is 121 Å². The van der Waals surface area contributed by atoms with Gasteiger partial charge in [-0.2, -0.15) is 0 Å². The number of benzene rings is 1. The second-order valence-electron chi connectivity index (χ2n) is 5.11. The van der Waals surface area contributed by atoms with E-state index in [0.29, 0.717) is 17.8 Å². The zero-order chi connectivity index (χ0) is 14.0. The quantitative estimate of drug-likeness (QED) is 0.683. The summed E-state index contributed by atoms with van der Waals surface area (Å²) >= 11 is 3.36. The third-order valence-corrected chi connectivity index (χ3v) is 4.22. The van der Waals surface area contributed by atoms with Gasteiger partial charge in [0.15, 0.2) is 0 Å². The molecule has 1 aromatic rings. The first-order valence-corrected chi connectivity index (χ1v) is 7.17. The van der Waals surface area contributed by atoms with Gasteiger partial charge in [-0.25, -0.2) is 0 Å². The third-order valence-electron chi connectivity index (χ3n) is 3.72. The normalized spacial score (nSPS) is 24.2. The number of halogens is 1. The first-order valence-electron chi connectivity index (χ1n) is 6.38. The van der Waals surface area contributed by atoms with Crippen LogP contribution < -0.4 is 5.32 Å². The van der Waals surface area contributed by atoms with Crippen molar-refractivity contribution in [1.29, 1.82) is 0 Å². The molecule has 0 radical (unpaired) electrons. The van der Waals surface area contributed by atoms with E-state index in [9.17, 15) is 10.1 Å². The summed E-state index contributed by atoms with van der Waals surface area (Å²) in [6.07, 6.45) is 2.00. The smallest absolute Gasteiger partial charge is 0.292 e. The van der Waals surface area contributed by atoms with Crippen molar-refractivity contribution in [2.45, 2.75) is 31.8 Å². The van der Waals surface area contributed by atoms with Crippen molar-refractivity contribution in [2.24, 2.45) is 0 Å². The average molecular weight is 328 g/mol. The molecule has 0 saturated carbocycles. The van der Waals surface area contributed by atoms with Gasteiger partial charge in [0.25, 0.3) is 5.69 Å². The fourth-order valence-electron chi connectivity index (χ4n) is 2.42. The third kappa shape index (κ3) is 3.45. The zero-order valence-corrected chi connectivity index (χ0v) is 12.7. The lowest BCUT2D eigenvalue weighted by atomic mass is 9.98. The maximum Gasteiger partial charge on any atom is 0.292 e. The van der Waals surface area contributed by atoms with Crippen LogP contribution in [0.15, 0.2) is 22.7 Å². The average Bonchev–Trinajstić information content (AvgIpc) is 2.33. The molecule has 2 atom stereocenters. The van der Waals surface area contributed by atoms with Gasteiger partial charge in [0.05, 0.1) is 4.92 Å². The van der Waals surface area contributed by atoms with Crippen molar-refractivity contribution >= 4 is 27.3 Å². The van der Waals surface area contributed by atoms with Gasteiger partial charge in [-0.1, -0.05) is 15.9 Å². The van der Waals surface area contributed by atoms with Crippen molar-refractivity contribution in [3.05, 3.63) is 32.8 Å². The molecule has 2 unspecified atom stereocenters. The maximum atomic E-state index is 11.0. The number of nitro groups is 1. The number of hydrogen-bond donors (Lipinski definition) is 1. The summed E-state index contributed by atoms with van der Waals surface area (Å²) < 4.78 is 0.849. The predicted molar refractivity (Wildman–Crippen MR) is 79.5 cm³/mol. The summed E-state index contributed by atoms with van der Waals surface area (Å²) in [6.45, 7) is 3.20. The second-order valence-corrected chi connectivity index (χ2v) is 6.03. The molecule has 0 aliphatic carbocycles. The van der Waals surface area contributed by atoms with Crippen LogP contribution >= 0.6 is 15.9 Å². The standard InChI is InChI=1S/C13H18BrN3O2/c1-9-7-11(5-6-16(9)2)15-12-8-10(14)3-4-13(12)17(18)19/h3-4,8-9,11,15H,5-7H2,1-2H3. The van der Waals surface area contributed by atoms with Crippen LogP contribution in [0.5, 0.6) is 0 Å². The van der Waals surface area contributed by atoms with Crippen LogP contribution in [-0.2, 0) is 0 Å². The Balaban J connectivity index is 2.14. The molecule has 2 rings (SSSR count). The van der Waals surface area contributed by atoms with Gasteiger partial charge in [0.2, 0.25) is 0 Å². The molecule has 1 saturated heterocycles. The van der Waals surface area contributed by atoms with E-state index in [0.717, 1.165) is 23.9 Å².